The van der Waals surface area contributed by atoms with Gasteiger partial charge in [0.1, 0.15) is 12.1 Å². The maximum absolute atomic E-state index is 13.0. The minimum absolute atomic E-state index is 0.197. The summed E-state index contributed by atoms with van der Waals surface area (Å²) in [4.78, 5) is 26.0. The number of rotatable bonds is 4. The zero-order valence-corrected chi connectivity index (χ0v) is 15.1. The van der Waals surface area contributed by atoms with Crippen LogP contribution in [0.3, 0.4) is 0 Å². The van der Waals surface area contributed by atoms with Gasteiger partial charge in [-0.25, -0.2) is 0 Å². The second-order valence-electron chi connectivity index (χ2n) is 7.61. The summed E-state index contributed by atoms with van der Waals surface area (Å²) in [5.74, 6) is -0.904. The molecule has 0 aromatic heterocycles. The van der Waals surface area contributed by atoms with Crippen LogP contribution in [0.25, 0.3) is 0 Å². The van der Waals surface area contributed by atoms with Crippen molar-refractivity contribution in [2.45, 2.75) is 51.9 Å². The third-order valence-electron chi connectivity index (χ3n) is 4.48. The number of nitrogens with zero attached hydrogens (tertiary/aromatic N) is 1. The number of amides is 2. The normalized spacial score (nSPS) is 19.3. The first kappa shape index (κ1) is 20.1. The highest BCUT2D eigenvalue weighted by atomic mass is 19.4. The topological polar surface area (TPSA) is 75.4 Å². The van der Waals surface area contributed by atoms with E-state index in [0.717, 1.165) is 12.1 Å². The van der Waals surface area contributed by atoms with Crippen LogP contribution >= 0.6 is 0 Å². The van der Waals surface area contributed by atoms with E-state index in [1.54, 1.807) is 0 Å². The summed E-state index contributed by atoms with van der Waals surface area (Å²) < 4.78 is 38.8. The lowest BCUT2D eigenvalue weighted by atomic mass is 9.85. The molecule has 2 amide bonds. The molecule has 0 aliphatic carbocycles. The largest absolute Gasteiger partial charge is 0.416 e. The Kier molecular flexibility index (Phi) is 5.53. The summed E-state index contributed by atoms with van der Waals surface area (Å²) in [7, 11) is 0. The predicted octanol–water partition coefficient (Wildman–Crippen LogP) is 3.01. The highest BCUT2D eigenvalue weighted by Crippen LogP contribution is 2.32. The number of likely N-dealkylation sites (tertiary alicyclic amines) is 1. The van der Waals surface area contributed by atoms with Crippen molar-refractivity contribution in [2.24, 2.45) is 11.1 Å². The van der Waals surface area contributed by atoms with Crippen LogP contribution in [0, 0.1) is 5.41 Å². The summed E-state index contributed by atoms with van der Waals surface area (Å²) >= 11 is 0. The Hall–Kier alpha value is -2.25. The molecule has 1 heterocycles. The zero-order valence-electron chi connectivity index (χ0n) is 15.1. The fraction of sp³-hybridized carbons (Fsp3) is 0.556. The summed E-state index contributed by atoms with van der Waals surface area (Å²) in [6, 6.07) is 3.25. The van der Waals surface area contributed by atoms with E-state index < -0.39 is 35.1 Å². The number of hydrogen-bond donors (Lipinski definition) is 2. The monoisotopic (exact) mass is 371 g/mol. The van der Waals surface area contributed by atoms with Gasteiger partial charge in [0.25, 0.3) is 0 Å². The van der Waals surface area contributed by atoms with Crippen LogP contribution in [0.5, 0.6) is 0 Å². The molecule has 1 aliphatic rings. The van der Waals surface area contributed by atoms with Crippen molar-refractivity contribution in [2.75, 3.05) is 11.9 Å². The van der Waals surface area contributed by atoms with Crippen LogP contribution in [-0.2, 0) is 15.8 Å². The van der Waals surface area contributed by atoms with Gasteiger partial charge in [-0.05, 0) is 36.5 Å². The zero-order chi connectivity index (χ0) is 19.7. The van der Waals surface area contributed by atoms with Gasteiger partial charge in [-0.3, -0.25) is 9.59 Å². The maximum Gasteiger partial charge on any atom is 0.416 e. The first-order valence-electron chi connectivity index (χ1n) is 8.45. The van der Waals surface area contributed by atoms with Crippen molar-refractivity contribution in [1.82, 2.24) is 4.90 Å². The first-order valence-corrected chi connectivity index (χ1v) is 8.45. The average molecular weight is 371 g/mol. The summed E-state index contributed by atoms with van der Waals surface area (Å²) in [6.07, 6.45) is -3.30. The first-order chi connectivity index (χ1) is 11.9. The van der Waals surface area contributed by atoms with Gasteiger partial charge in [-0.1, -0.05) is 26.8 Å². The van der Waals surface area contributed by atoms with E-state index in [9.17, 15) is 22.8 Å². The van der Waals surface area contributed by atoms with E-state index in [1.165, 1.54) is 17.0 Å². The fourth-order valence-electron chi connectivity index (χ4n) is 3.09. The molecule has 1 aromatic carbocycles. The number of primary amides is 1. The number of hydrogen-bond acceptors (Lipinski definition) is 3. The van der Waals surface area contributed by atoms with Crippen LogP contribution in [-0.4, -0.2) is 35.3 Å². The number of carbonyl (C=O) groups is 2. The summed E-state index contributed by atoms with van der Waals surface area (Å²) in [5, 5.41) is 2.92. The highest BCUT2D eigenvalue weighted by Gasteiger charge is 2.40. The lowest BCUT2D eigenvalue weighted by Crippen LogP contribution is -2.53. The predicted molar refractivity (Wildman–Crippen MR) is 92.2 cm³/mol. The minimum atomic E-state index is -4.47. The second kappa shape index (κ2) is 7.17. The standard InChI is InChI=1S/C18H24F3N3O2/c1-17(2,3)14(16(26)24-9-5-8-13(24)15(22)25)23-12-7-4-6-11(10-12)18(19,20)21/h4,6-7,10,13-14,23H,5,8-9H2,1-3H3,(H2,22,25). The number of alkyl halides is 3. The molecule has 0 spiro atoms. The van der Waals surface area contributed by atoms with E-state index in [2.05, 4.69) is 5.32 Å². The number of halogens is 3. The Bertz CT molecular complexity index is 683. The Balaban J connectivity index is 2.29. The van der Waals surface area contributed by atoms with E-state index in [0.29, 0.717) is 19.4 Å². The van der Waals surface area contributed by atoms with E-state index in [-0.39, 0.29) is 11.6 Å². The molecule has 144 valence electrons. The van der Waals surface area contributed by atoms with Crippen molar-refractivity contribution < 1.29 is 22.8 Å². The Morgan fingerprint density at radius 2 is 1.92 bits per heavy atom. The number of nitrogens with one attached hydrogen (secondary N) is 1. The summed E-state index contributed by atoms with van der Waals surface area (Å²) in [6.45, 7) is 5.84. The van der Waals surface area contributed by atoms with Crippen molar-refractivity contribution in [3.8, 4) is 0 Å². The molecule has 1 aliphatic heterocycles. The SMILES string of the molecule is CC(C)(C)C(Nc1cccc(C(F)(F)F)c1)C(=O)N1CCCC1C(N)=O. The lowest BCUT2D eigenvalue weighted by Gasteiger charge is -2.35. The molecule has 2 unspecified atom stereocenters. The van der Waals surface area contributed by atoms with Gasteiger partial charge >= 0.3 is 6.18 Å². The lowest BCUT2D eigenvalue weighted by molar-refractivity contribution is -0.139. The number of anilines is 1. The van der Waals surface area contributed by atoms with Crippen LogP contribution in [0.1, 0.15) is 39.2 Å². The molecule has 1 fully saturated rings. The second-order valence-corrected chi connectivity index (χ2v) is 7.61. The molecule has 2 rings (SSSR count). The Morgan fingerprint density at radius 3 is 2.46 bits per heavy atom. The van der Waals surface area contributed by atoms with Crippen LogP contribution < -0.4 is 11.1 Å². The molecule has 1 aromatic rings. The molecule has 8 heteroatoms. The third-order valence-corrected chi connectivity index (χ3v) is 4.48. The van der Waals surface area contributed by atoms with E-state index in [1.807, 2.05) is 20.8 Å². The summed E-state index contributed by atoms with van der Waals surface area (Å²) in [5.41, 5.74) is 4.19. The van der Waals surface area contributed by atoms with Gasteiger partial charge in [0.15, 0.2) is 0 Å². The molecule has 5 nitrogen and oxygen atoms in total. The fourth-order valence-corrected chi connectivity index (χ4v) is 3.09. The molecule has 0 saturated carbocycles. The minimum Gasteiger partial charge on any atom is -0.373 e. The van der Waals surface area contributed by atoms with Crippen molar-refractivity contribution in [3.05, 3.63) is 29.8 Å². The molecule has 0 bridgehead atoms. The molecular weight excluding hydrogens is 347 g/mol. The van der Waals surface area contributed by atoms with Gasteiger partial charge in [0.2, 0.25) is 11.8 Å². The average Bonchev–Trinajstić information content (AvgIpc) is 3.00. The number of benzene rings is 1. The van der Waals surface area contributed by atoms with Crippen molar-refractivity contribution in [1.29, 1.82) is 0 Å². The van der Waals surface area contributed by atoms with Crippen molar-refractivity contribution >= 4 is 17.5 Å². The highest BCUT2D eigenvalue weighted by molar-refractivity contribution is 5.91. The van der Waals surface area contributed by atoms with Gasteiger partial charge in [-0.15, -0.1) is 0 Å². The van der Waals surface area contributed by atoms with Crippen LogP contribution in [0.4, 0.5) is 18.9 Å². The van der Waals surface area contributed by atoms with Gasteiger partial charge in [0, 0.05) is 12.2 Å². The van der Waals surface area contributed by atoms with Gasteiger partial charge in [0.05, 0.1) is 5.56 Å². The Morgan fingerprint density at radius 1 is 1.27 bits per heavy atom. The van der Waals surface area contributed by atoms with Crippen LogP contribution in [0.15, 0.2) is 24.3 Å². The maximum atomic E-state index is 13.0. The van der Waals surface area contributed by atoms with Gasteiger partial charge < -0.3 is 16.0 Å². The molecule has 0 radical (unpaired) electrons. The van der Waals surface area contributed by atoms with Crippen LogP contribution in [0.2, 0.25) is 0 Å². The molecule has 3 N–H and O–H groups in total. The molecule has 2 atom stereocenters. The molecule has 26 heavy (non-hydrogen) atoms. The quantitative estimate of drug-likeness (QED) is 0.854. The number of nitrogens with two attached hydrogens (primary N) is 1. The van der Waals surface area contributed by atoms with E-state index >= 15 is 0 Å². The molecule has 1 saturated heterocycles. The number of carbonyl (C=O) groups excluding carboxylic acids is 2. The Labute approximate surface area is 150 Å². The smallest absolute Gasteiger partial charge is 0.373 e. The van der Waals surface area contributed by atoms with Gasteiger partial charge in [-0.2, -0.15) is 13.2 Å². The third kappa shape index (κ3) is 4.47. The molecular formula is C18H24F3N3O2. The van der Waals surface area contributed by atoms with E-state index in [4.69, 9.17) is 5.73 Å². The van der Waals surface area contributed by atoms with Crippen molar-refractivity contribution in [3.63, 3.8) is 0 Å².